The van der Waals surface area contributed by atoms with Gasteiger partial charge in [0.2, 0.25) is 0 Å². The van der Waals surface area contributed by atoms with Gasteiger partial charge in [-0.1, -0.05) is 29.3 Å². The van der Waals surface area contributed by atoms with Gasteiger partial charge in [0, 0.05) is 11.6 Å². The summed E-state index contributed by atoms with van der Waals surface area (Å²) in [5.41, 5.74) is 9.17. The summed E-state index contributed by atoms with van der Waals surface area (Å²) in [5, 5.41) is 0.567. The van der Waals surface area contributed by atoms with Gasteiger partial charge in [0.15, 0.2) is 0 Å². The first-order chi connectivity index (χ1) is 7.54. The molecule has 1 aromatic rings. The van der Waals surface area contributed by atoms with Crippen LogP contribution in [0.5, 0.6) is 5.75 Å². The van der Waals surface area contributed by atoms with Gasteiger partial charge in [0.25, 0.3) is 0 Å². The Balaban J connectivity index is 2.75. The van der Waals surface area contributed by atoms with Crippen LogP contribution in [0.25, 0.3) is 0 Å². The molecule has 2 nitrogen and oxygen atoms in total. The molecule has 0 spiro atoms. The third-order valence-corrected chi connectivity index (χ3v) is 2.79. The zero-order valence-corrected chi connectivity index (χ0v) is 10.8. The van der Waals surface area contributed by atoms with E-state index in [-0.39, 0.29) is 6.04 Å². The molecule has 0 aliphatic heterocycles. The number of nitrogens with two attached hydrogens (primary N) is 1. The molecule has 16 heavy (non-hydrogen) atoms. The predicted octanol–water partition coefficient (Wildman–Crippen LogP) is 3.88. The molecule has 0 bridgehead atoms. The highest BCUT2D eigenvalue weighted by Crippen LogP contribution is 2.27. The lowest BCUT2D eigenvalue weighted by Gasteiger charge is -2.11. The van der Waals surface area contributed by atoms with Crippen LogP contribution >= 0.6 is 23.2 Å². The Hall–Kier alpha value is -0.700. The maximum atomic E-state index is 6.07. The molecule has 0 saturated heterocycles. The SMILES string of the molecule is C/C(=C\Cl)COc1ccc([C@H](C)N)cc1Cl. The van der Waals surface area contributed by atoms with E-state index in [2.05, 4.69) is 0 Å². The standard InChI is InChI=1S/C12H15Cl2NO/c1-8(6-13)7-16-12-4-3-10(9(2)15)5-11(12)14/h3-6,9H,7,15H2,1-2H3/b8-6+/t9-/m0/s1. The van der Waals surface area contributed by atoms with Crippen molar-refractivity contribution < 1.29 is 4.74 Å². The zero-order chi connectivity index (χ0) is 12.1. The van der Waals surface area contributed by atoms with E-state index in [1.807, 2.05) is 32.0 Å². The lowest BCUT2D eigenvalue weighted by atomic mass is 10.1. The molecule has 4 heteroatoms. The van der Waals surface area contributed by atoms with Crippen LogP contribution in [-0.4, -0.2) is 6.61 Å². The van der Waals surface area contributed by atoms with E-state index in [1.165, 1.54) is 5.54 Å². The first-order valence-electron chi connectivity index (χ1n) is 4.98. The number of hydrogen-bond donors (Lipinski definition) is 1. The molecular formula is C12H15Cl2NO. The largest absolute Gasteiger partial charge is 0.488 e. The molecule has 0 heterocycles. The molecule has 0 aromatic heterocycles. The van der Waals surface area contributed by atoms with Crippen LogP contribution in [0.3, 0.4) is 0 Å². The van der Waals surface area contributed by atoms with Gasteiger partial charge in [0.05, 0.1) is 5.02 Å². The van der Waals surface area contributed by atoms with Crippen LogP contribution in [0.1, 0.15) is 25.5 Å². The number of rotatable bonds is 4. The Bertz CT molecular complexity index is 389. The fraction of sp³-hybridized carbons (Fsp3) is 0.333. The van der Waals surface area contributed by atoms with Crippen molar-refractivity contribution in [1.29, 1.82) is 0 Å². The van der Waals surface area contributed by atoms with Crippen LogP contribution in [0, 0.1) is 0 Å². The highest BCUT2D eigenvalue weighted by molar-refractivity contribution is 6.32. The molecule has 1 rings (SSSR count). The minimum Gasteiger partial charge on any atom is -0.488 e. The smallest absolute Gasteiger partial charge is 0.138 e. The van der Waals surface area contributed by atoms with Gasteiger partial charge >= 0.3 is 0 Å². The van der Waals surface area contributed by atoms with Gasteiger partial charge < -0.3 is 10.5 Å². The summed E-state index contributed by atoms with van der Waals surface area (Å²) in [6.45, 7) is 4.23. The summed E-state index contributed by atoms with van der Waals surface area (Å²) < 4.78 is 5.50. The molecule has 0 fully saturated rings. The molecular weight excluding hydrogens is 245 g/mol. The Labute approximate surface area is 106 Å². The molecule has 0 radical (unpaired) electrons. The molecule has 0 unspecified atom stereocenters. The first kappa shape index (κ1) is 13.4. The number of hydrogen-bond acceptors (Lipinski definition) is 2. The number of ether oxygens (including phenoxy) is 1. The Morgan fingerprint density at radius 1 is 1.56 bits per heavy atom. The van der Waals surface area contributed by atoms with Crippen molar-refractivity contribution in [2.75, 3.05) is 6.61 Å². The number of halogens is 2. The van der Waals surface area contributed by atoms with E-state index < -0.39 is 0 Å². The van der Waals surface area contributed by atoms with Crippen molar-refractivity contribution in [3.8, 4) is 5.75 Å². The molecule has 0 aliphatic carbocycles. The van der Waals surface area contributed by atoms with E-state index >= 15 is 0 Å². The van der Waals surface area contributed by atoms with Crippen molar-refractivity contribution in [3.05, 3.63) is 39.9 Å². The van der Waals surface area contributed by atoms with Gasteiger partial charge in [0.1, 0.15) is 12.4 Å². The van der Waals surface area contributed by atoms with Crippen molar-refractivity contribution >= 4 is 23.2 Å². The van der Waals surface area contributed by atoms with E-state index in [9.17, 15) is 0 Å². The fourth-order valence-corrected chi connectivity index (χ4v) is 1.45. The highest BCUT2D eigenvalue weighted by Gasteiger charge is 2.05. The van der Waals surface area contributed by atoms with Crippen LogP contribution in [0.2, 0.25) is 5.02 Å². The van der Waals surface area contributed by atoms with E-state index in [4.69, 9.17) is 33.7 Å². The molecule has 0 amide bonds. The summed E-state index contributed by atoms with van der Waals surface area (Å²) in [4.78, 5) is 0. The molecule has 0 saturated carbocycles. The zero-order valence-electron chi connectivity index (χ0n) is 9.34. The van der Waals surface area contributed by atoms with Crippen molar-refractivity contribution in [1.82, 2.24) is 0 Å². The second-order valence-electron chi connectivity index (χ2n) is 3.72. The maximum absolute atomic E-state index is 6.07. The second-order valence-corrected chi connectivity index (χ2v) is 4.35. The summed E-state index contributed by atoms with van der Waals surface area (Å²) in [5.74, 6) is 0.643. The maximum Gasteiger partial charge on any atom is 0.138 e. The summed E-state index contributed by atoms with van der Waals surface area (Å²) in [6.07, 6.45) is 0. The van der Waals surface area contributed by atoms with Crippen LogP contribution in [-0.2, 0) is 0 Å². The van der Waals surface area contributed by atoms with Crippen LogP contribution in [0.15, 0.2) is 29.3 Å². The van der Waals surface area contributed by atoms with E-state index in [0.29, 0.717) is 17.4 Å². The van der Waals surface area contributed by atoms with Crippen molar-refractivity contribution in [2.24, 2.45) is 5.73 Å². The third-order valence-electron chi connectivity index (χ3n) is 2.12. The average molecular weight is 260 g/mol. The number of benzene rings is 1. The monoisotopic (exact) mass is 259 g/mol. The summed E-state index contributed by atoms with van der Waals surface area (Å²) in [6, 6.07) is 5.52. The van der Waals surface area contributed by atoms with Gasteiger partial charge in [-0.25, -0.2) is 0 Å². The van der Waals surface area contributed by atoms with Crippen LogP contribution in [0.4, 0.5) is 0 Å². The third kappa shape index (κ3) is 3.71. The van der Waals surface area contributed by atoms with Crippen molar-refractivity contribution in [3.63, 3.8) is 0 Å². The second kappa shape index (κ2) is 6.14. The molecule has 1 atom stereocenters. The minimum absolute atomic E-state index is 0.0315. The first-order valence-corrected chi connectivity index (χ1v) is 5.79. The predicted molar refractivity (Wildman–Crippen MR) is 69.2 cm³/mol. The van der Waals surface area contributed by atoms with Crippen LogP contribution < -0.4 is 10.5 Å². The summed E-state index contributed by atoms with van der Waals surface area (Å²) in [7, 11) is 0. The van der Waals surface area contributed by atoms with Gasteiger partial charge in [-0.3, -0.25) is 0 Å². The van der Waals surface area contributed by atoms with E-state index in [1.54, 1.807) is 0 Å². The normalized spacial score (nSPS) is 13.7. The lowest BCUT2D eigenvalue weighted by Crippen LogP contribution is -2.05. The molecule has 0 aliphatic rings. The van der Waals surface area contributed by atoms with Gasteiger partial charge in [-0.2, -0.15) is 0 Å². The van der Waals surface area contributed by atoms with Gasteiger partial charge in [-0.15, -0.1) is 0 Å². The summed E-state index contributed by atoms with van der Waals surface area (Å²) >= 11 is 11.6. The quantitative estimate of drug-likeness (QED) is 0.891. The topological polar surface area (TPSA) is 35.2 Å². The van der Waals surface area contributed by atoms with Crippen molar-refractivity contribution in [2.45, 2.75) is 19.9 Å². The minimum atomic E-state index is -0.0315. The Morgan fingerprint density at radius 3 is 2.75 bits per heavy atom. The highest BCUT2D eigenvalue weighted by atomic mass is 35.5. The molecule has 1 aromatic carbocycles. The van der Waals surface area contributed by atoms with Gasteiger partial charge in [-0.05, 0) is 37.1 Å². The average Bonchev–Trinajstić information content (AvgIpc) is 2.26. The fourth-order valence-electron chi connectivity index (χ4n) is 1.14. The Kier molecular flexibility index (Phi) is 5.13. The molecule has 2 N–H and O–H groups in total. The van der Waals surface area contributed by atoms with E-state index in [0.717, 1.165) is 11.1 Å². The lowest BCUT2D eigenvalue weighted by molar-refractivity contribution is 0.352. The molecule has 88 valence electrons. The Morgan fingerprint density at radius 2 is 2.25 bits per heavy atom.